The summed E-state index contributed by atoms with van der Waals surface area (Å²) in [5.74, 6) is -0.161. The van der Waals surface area contributed by atoms with Gasteiger partial charge in [-0.15, -0.1) is 0 Å². The summed E-state index contributed by atoms with van der Waals surface area (Å²) in [4.78, 5) is 12.4. The molecule has 0 amide bonds. The van der Waals surface area contributed by atoms with Crippen molar-refractivity contribution in [2.45, 2.75) is 25.9 Å². The second kappa shape index (κ2) is 7.50. The van der Waals surface area contributed by atoms with Crippen molar-refractivity contribution >= 4 is 5.97 Å². The molecule has 1 aromatic rings. The van der Waals surface area contributed by atoms with Crippen molar-refractivity contribution in [2.75, 3.05) is 19.8 Å². The summed E-state index contributed by atoms with van der Waals surface area (Å²) >= 11 is 0. The van der Waals surface area contributed by atoms with E-state index in [2.05, 4.69) is 6.07 Å². The second-order valence-corrected chi connectivity index (χ2v) is 5.95. The normalized spacial score (nSPS) is 21.7. The van der Waals surface area contributed by atoms with Crippen LogP contribution in [-0.2, 0) is 19.0 Å². The van der Waals surface area contributed by atoms with Gasteiger partial charge in [-0.1, -0.05) is 12.1 Å². The molecule has 26 heavy (non-hydrogen) atoms. The van der Waals surface area contributed by atoms with Gasteiger partial charge in [0.1, 0.15) is 35.9 Å². The highest BCUT2D eigenvalue weighted by atomic mass is 16.6. The Hall–Kier alpha value is -2.98. The molecule has 2 aliphatic rings. The number of esters is 1. The van der Waals surface area contributed by atoms with E-state index in [1.807, 2.05) is 0 Å². The Morgan fingerprint density at radius 3 is 2.65 bits per heavy atom. The van der Waals surface area contributed by atoms with Crippen LogP contribution in [0.5, 0.6) is 5.75 Å². The van der Waals surface area contributed by atoms with E-state index in [9.17, 15) is 10.1 Å². The molecule has 2 aliphatic heterocycles. The van der Waals surface area contributed by atoms with Crippen LogP contribution in [0.25, 0.3) is 0 Å². The minimum Gasteiger partial charge on any atom is -0.491 e. The van der Waals surface area contributed by atoms with Gasteiger partial charge in [-0.25, -0.2) is 4.79 Å². The van der Waals surface area contributed by atoms with Gasteiger partial charge in [-0.2, -0.15) is 5.26 Å². The highest BCUT2D eigenvalue weighted by molar-refractivity contribution is 5.92. The second-order valence-electron chi connectivity index (χ2n) is 5.95. The van der Waals surface area contributed by atoms with Crippen molar-refractivity contribution in [3.63, 3.8) is 0 Å². The summed E-state index contributed by atoms with van der Waals surface area (Å²) in [5.41, 5.74) is 7.05. The van der Waals surface area contributed by atoms with Crippen LogP contribution in [0.1, 0.15) is 25.3 Å². The lowest BCUT2D eigenvalue weighted by Crippen LogP contribution is -2.25. The third-order valence-corrected chi connectivity index (χ3v) is 4.15. The van der Waals surface area contributed by atoms with Gasteiger partial charge in [-0.05, 0) is 31.5 Å². The van der Waals surface area contributed by atoms with Crippen molar-refractivity contribution in [3.8, 4) is 11.8 Å². The predicted molar refractivity (Wildman–Crippen MR) is 91.7 cm³/mol. The number of carbonyl (C=O) groups excluding carboxylic acids is 1. The molecule has 3 rings (SSSR count). The van der Waals surface area contributed by atoms with Crippen molar-refractivity contribution < 1.29 is 23.7 Å². The van der Waals surface area contributed by atoms with Crippen LogP contribution in [0.15, 0.2) is 47.1 Å². The minimum atomic E-state index is -0.645. The van der Waals surface area contributed by atoms with Crippen LogP contribution in [0.3, 0.4) is 0 Å². The molecule has 0 spiro atoms. The van der Waals surface area contributed by atoms with E-state index in [1.165, 1.54) is 0 Å². The van der Waals surface area contributed by atoms with Crippen LogP contribution < -0.4 is 10.5 Å². The minimum absolute atomic E-state index is 0.00532. The smallest absolute Gasteiger partial charge is 0.338 e. The summed E-state index contributed by atoms with van der Waals surface area (Å²) in [6.45, 7) is 4.80. The quantitative estimate of drug-likeness (QED) is 0.614. The zero-order valence-electron chi connectivity index (χ0n) is 14.7. The number of epoxide rings is 1. The summed E-state index contributed by atoms with van der Waals surface area (Å²) in [7, 11) is 0. The molecule has 0 aromatic heterocycles. The Bertz CT molecular complexity index is 800. The fourth-order valence-corrected chi connectivity index (χ4v) is 2.80. The monoisotopic (exact) mass is 356 g/mol. The highest BCUT2D eigenvalue weighted by Crippen LogP contribution is 2.39. The SMILES string of the molecule is CCOC(=O)C1=C(C)OC(N)=C(C#N)C1c1ccc(OCC2CO2)cc1. The molecule has 136 valence electrons. The molecule has 0 aliphatic carbocycles. The van der Waals surface area contributed by atoms with Crippen LogP contribution in [0.4, 0.5) is 0 Å². The van der Waals surface area contributed by atoms with E-state index in [0.29, 0.717) is 18.1 Å². The molecule has 0 saturated carbocycles. The molecule has 2 atom stereocenters. The van der Waals surface area contributed by atoms with Gasteiger partial charge in [-0.3, -0.25) is 0 Å². The first-order valence-corrected chi connectivity index (χ1v) is 8.35. The first-order valence-electron chi connectivity index (χ1n) is 8.35. The topological polar surface area (TPSA) is 107 Å². The molecule has 0 bridgehead atoms. The van der Waals surface area contributed by atoms with Crippen molar-refractivity contribution in [1.82, 2.24) is 0 Å². The lowest BCUT2D eigenvalue weighted by Gasteiger charge is -2.26. The maximum absolute atomic E-state index is 12.4. The molecular formula is C19H20N2O5. The molecule has 2 N–H and O–H groups in total. The van der Waals surface area contributed by atoms with E-state index in [-0.39, 0.29) is 29.7 Å². The zero-order valence-corrected chi connectivity index (χ0v) is 14.7. The van der Waals surface area contributed by atoms with Gasteiger partial charge in [0.2, 0.25) is 5.88 Å². The van der Waals surface area contributed by atoms with E-state index in [4.69, 9.17) is 24.7 Å². The Morgan fingerprint density at radius 2 is 2.08 bits per heavy atom. The fourth-order valence-electron chi connectivity index (χ4n) is 2.80. The molecule has 1 aromatic carbocycles. The fraction of sp³-hybridized carbons (Fsp3) is 0.368. The molecule has 2 unspecified atom stereocenters. The van der Waals surface area contributed by atoms with E-state index in [1.54, 1.807) is 38.1 Å². The summed E-state index contributed by atoms with van der Waals surface area (Å²) < 4.78 is 21.3. The van der Waals surface area contributed by atoms with Crippen LogP contribution >= 0.6 is 0 Å². The lowest BCUT2D eigenvalue weighted by molar-refractivity contribution is -0.139. The zero-order chi connectivity index (χ0) is 18.7. The largest absolute Gasteiger partial charge is 0.491 e. The third kappa shape index (κ3) is 3.65. The van der Waals surface area contributed by atoms with Crippen molar-refractivity contribution in [2.24, 2.45) is 5.73 Å². The van der Waals surface area contributed by atoms with E-state index in [0.717, 1.165) is 12.2 Å². The van der Waals surface area contributed by atoms with Crippen LogP contribution in [-0.4, -0.2) is 31.9 Å². The van der Waals surface area contributed by atoms with Gasteiger partial charge in [0, 0.05) is 0 Å². The van der Waals surface area contributed by atoms with E-state index < -0.39 is 11.9 Å². The predicted octanol–water partition coefficient (Wildman–Crippen LogP) is 2.11. The molecule has 7 nitrogen and oxygen atoms in total. The number of nitrogens with zero attached hydrogens (tertiary/aromatic N) is 1. The van der Waals surface area contributed by atoms with Crippen molar-refractivity contribution in [1.29, 1.82) is 5.26 Å². The van der Waals surface area contributed by atoms with Gasteiger partial charge in [0.05, 0.1) is 24.7 Å². The Morgan fingerprint density at radius 1 is 1.38 bits per heavy atom. The average molecular weight is 356 g/mol. The molecule has 0 radical (unpaired) electrons. The molecule has 1 saturated heterocycles. The maximum atomic E-state index is 12.4. The number of allylic oxidation sites excluding steroid dienone is 2. The first kappa shape index (κ1) is 17.8. The van der Waals surface area contributed by atoms with Gasteiger partial charge >= 0.3 is 5.97 Å². The highest BCUT2D eigenvalue weighted by Gasteiger charge is 2.36. The molecule has 7 heteroatoms. The lowest BCUT2D eigenvalue weighted by atomic mass is 9.83. The summed E-state index contributed by atoms with van der Waals surface area (Å²) in [5, 5.41) is 9.53. The standard InChI is InChI=1S/C19H20N2O5/c1-3-23-19(22)16-11(2)26-18(21)15(8-20)17(16)12-4-6-13(7-5-12)24-9-14-10-25-14/h4-7,14,17H,3,9-10,21H2,1-2H3. The Balaban J connectivity index is 1.92. The number of nitrogens with two attached hydrogens (primary N) is 1. The van der Waals surface area contributed by atoms with Gasteiger partial charge in [0.15, 0.2) is 0 Å². The number of hydrogen-bond donors (Lipinski definition) is 1. The van der Waals surface area contributed by atoms with Crippen molar-refractivity contribution in [3.05, 3.63) is 52.6 Å². The number of ether oxygens (including phenoxy) is 4. The molecule has 2 heterocycles. The number of carbonyl (C=O) groups is 1. The first-order chi connectivity index (χ1) is 12.5. The Labute approximate surface area is 151 Å². The molecular weight excluding hydrogens is 336 g/mol. The van der Waals surface area contributed by atoms with Crippen LogP contribution in [0.2, 0.25) is 0 Å². The number of nitriles is 1. The van der Waals surface area contributed by atoms with E-state index >= 15 is 0 Å². The number of benzene rings is 1. The average Bonchev–Trinajstić information content (AvgIpc) is 3.44. The summed E-state index contributed by atoms with van der Waals surface area (Å²) in [6, 6.07) is 9.23. The molecule has 1 fully saturated rings. The van der Waals surface area contributed by atoms with Gasteiger partial charge in [0.25, 0.3) is 0 Å². The number of rotatable bonds is 6. The van der Waals surface area contributed by atoms with Gasteiger partial charge < -0.3 is 24.7 Å². The third-order valence-electron chi connectivity index (χ3n) is 4.15. The maximum Gasteiger partial charge on any atom is 0.338 e. The number of hydrogen-bond acceptors (Lipinski definition) is 7. The van der Waals surface area contributed by atoms with Crippen LogP contribution in [0, 0.1) is 11.3 Å². The summed E-state index contributed by atoms with van der Waals surface area (Å²) in [6.07, 6.45) is 0.166. The Kier molecular flexibility index (Phi) is 5.14.